The third-order valence-electron chi connectivity index (χ3n) is 18.2. The molecule has 12 atom stereocenters. The summed E-state index contributed by atoms with van der Waals surface area (Å²) in [5, 5.41) is 87.6. The van der Waals surface area contributed by atoms with Gasteiger partial charge in [0, 0.05) is 6.42 Å². The summed E-state index contributed by atoms with van der Waals surface area (Å²) in [5.41, 5.74) is 0. The van der Waals surface area contributed by atoms with E-state index >= 15 is 0 Å². The van der Waals surface area contributed by atoms with Crippen molar-refractivity contribution in [1.82, 2.24) is 5.32 Å². The minimum Gasteiger partial charge on any atom is -0.394 e. The van der Waals surface area contributed by atoms with Crippen molar-refractivity contribution >= 4 is 5.91 Å². The Morgan fingerprint density at radius 1 is 0.389 bits per heavy atom. The summed E-state index contributed by atoms with van der Waals surface area (Å²) in [6.45, 7) is 2.69. The maximum Gasteiger partial charge on any atom is 0.220 e. The van der Waals surface area contributed by atoms with Gasteiger partial charge in [-0.05, 0) is 89.9 Å². The Labute approximate surface area is 578 Å². The largest absolute Gasteiger partial charge is 0.394 e. The van der Waals surface area contributed by atoms with Crippen molar-refractivity contribution in [3.8, 4) is 0 Å². The Morgan fingerprint density at radius 2 is 0.737 bits per heavy atom. The molecular weight excluding hydrogens is 1190 g/mol. The zero-order valence-electron chi connectivity index (χ0n) is 59.9. The van der Waals surface area contributed by atoms with E-state index in [2.05, 4.69) is 116 Å². The molecule has 548 valence electrons. The van der Waals surface area contributed by atoms with E-state index in [9.17, 15) is 45.6 Å². The minimum absolute atomic E-state index is 0.254. The summed E-state index contributed by atoms with van der Waals surface area (Å²) >= 11 is 0. The molecule has 95 heavy (non-hydrogen) atoms. The zero-order chi connectivity index (χ0) is 68.7. The predicted molar refractivity (Wildman–Crippen MR) is 392 cm³/mol. The van der Waals surface area contributed by atoms with Gasteiger partial charge in [0.2, 0.25) is 5.91 Å². The molecule has 2 heterocycles. The summed E-state index contributed by atoms with van der Waals surface area (Å²) in [7, 11) is 0. The Hall–Kier alpha value is -3.35. The van der Waals surface area contributed by atoms with Crippen molar-refractivity contribution in [2.45, 2.75) is 376 Å². The molecular formula is C81H141NO13. The van der Waals surface area contributed by atoms with Gasteiger partial charge in [-0.3, -0.25) is 4.79 Å². The standard InChI is InChI=1S/C81H141NO13/c1-3-5-7-9-11-13-15-17-19-21-23-25-27-29-31-33-34-35-37-38-40-42-44-46-48-50-52-54-56-58-60-62-64-70(85)69(68-92-80-78(91)76(89)79(72(67-84)94-80)95-81-77(90)75(88)74(87)71(66-83)93-81)82-73(86)65-63-61-59-57-55-53-51-49-47-45-43-41-39-36-32-30-28-26-24-22-20-18-16-14-12-10-8-6-4-2/h6,8,12,14,18,20,24,26,30,32,39,41,45,47,54,56,62,64,69-72,74-81,83-85,87-91H,3-5,7,9-11,13,15-17,19,21-23,25,27-29,31,33-38,40,42-44,46,48-53,55,57-61,63,65-68H2,1-2H3,(H,82,86)/b8-6-,14-12-,20-18-,26-24-,32-30-,41-39-,47-45-,56-54+,64-62+. The first-order chi connectivity index (χ1) is 46.6. The lowest BCUT2D eigenvalue weighted by Gasteiger charge is -2.46. The third kappa shape index (κ3) is 47.4. The quantitative estimate of drug-likeness (QED) is 0.0204. The van der Waals surface area contributed by atoms with Crippen LogP contribution in [0.3, 0.4) is 0 Å². The normalized spacial score (nSPS) is 23.0. The molecule has 9 N–H and O–H groups in total. The first-order valence-corrected chi connectivity index (χ1v) is 38.6. The Kier molecular flexibility index (Phi) is 59.2. The molecule has 0 saturated carbocycles. The van der Waals surface area contributed by atoms with Crippen LogP contribution in [0.4, 0.5) is 0 Å². The molecule has 0 aromatic rings. The van der Waals surface area contributed by atoms with Crippen LogP contribution < -0.4 is 5.32 Å². The number of nitrogens with one attached hydrogen (secondary N) is 1. The molecule has 0 aromatic heterocycles. The lowest BCUT2D eigenvalue weighted by molar-refractivity contribution is -0.359. The van der Waals surface area contributed by atoms with Gasteiger partial charge in [-0.15, -0.1) is 0 Å². The van der Waals surface area contributed by atoms with Crippen molar-refractivity contribution in [2.24, 2.45) is 0 Å². The average molecular weight is 1340 g/mol. The van der Waals surface area contributed by atoms with Crippen LogP contribution in [-0.4, -0.2) is 140 Å². The van der Waals surface area contributed by atoms with Gasteiger partial charge >= 0.3 is 0 Å². The molecule has 12 unspecified atom stereocenters. The van der Waals surface area contributed by atoms with Crippen LogP contribution in [0.5, 0.6) is 0 Å². The second-order valence-electron chi connectivity index (χ2n) is 26.7. The molecule has 2 saturated heterocycles. The fourth-order valence-electron chi connectivity index (χ4n) is 12.1. The molecule has 2 rings (SSSR count). The smallest absolute Gasteiger partial charge is 0.220 e. The topological polar surface area (TPSA) is 228 Å². The number of amides is 1. The number of carbonyl (C=O) groups is 1. The van der Waals surface area contributed by atoms with E-state index in [-0.39, 0.29) is 18.9 Å². The molecule has 14 heteroatoms. The molecule has 0 radical (unpaired) electrons. The molecule has 0 bridgehead atoms. The first-order valence-electron chi connectivity index (χ1n) is 38.6. The van der Waals surface area contributed by atoms with Gasteiger partial charge in [0.15, 0.2) is 12.6 Å². The second-order valence-corrected chi connectivity index (χ2v) is 26.7. The van der Waals surface area contributed by atoms with Crippen molar-refractivity contribution < 1.29 is 64.6 Å². The average Bonchev–Trinajstić information content (AvgIpc) is 0.801. The van der Waals surface area contributed by atoms with Crippen LogP contribution >= 0.6 is 0 Å². The van der Waals surface area contributed by atoms with Gasteiger partial charge in [0.25, 0.3) is 0 Å². The van der Waals surface area contributed by atoms with Crippen LogP contribution in [0.2, 0.25) is 0 Å². The van der Waals surface area contributed by atoms with Gasteiger partial charge in [0.1, 0.15) is 48.8 Å². The SMILES string of the molecule is CC/C=C\C/C=C\C/C=C\C/C=C\C/C=C\C/C=C\C/C=C\CCCCCCCCCC(=O)NC(COC1OC(CO)C(OC2OC(CO)C(O)C(O)C2O)C(O)C1O)C(O)/C=C/CC/C=C/CCCCCCCCCCCCCCCCCCCCCCCCCCCC. The Balaban J connectivity index is 1.67. The minimum atomic E-state index is -1.80. The highest BCUT2D eigenvalue weighted by atomic mass is 16.7. The highest BCUT2D eigenvalue weighted by molar-refractivity contribution is 5.76. The zero-order valence-corrected chi connectivity index (χ0v) is 59.9. The summed E-state index contributed by atoms with van der Waals surface area (Å²) in [5.74, 6) is -0.262. The maximum absolute atomic E-state index is 13.4. The summed E-state index contributed by atoms with van der Waals surface area (Å²) < 4.78 is 22.9. The van der Waals surface area contributed by atoms with Crippen LogP contribution in [0.1, 0.15) is 303 Å². The fraction of sp³-hybridized carbons (Fsp3) is 0.765. The van der Waals surface area contributed by atoms with Crippen LogP contribution in [0.15, 0.2) is 109 Å². The molecule has 0 spiro atoms. The van der Waals surface area contributed by atoms with Gasteiger partial charge in [0.05, 0.1) is 32.0 Å². The molecule has 1 amide bonds. The van der Waals surface area contributed by atoms with Crippen LogP contribution in [0, 0.1) is 0 Å². The van der Waals surface area contributed by atoms with Gasteiger partial charge < -0.3 is 65.1 Å². The monoisotopic (exact) mass is 1340 g/mol. The van der Waals surface area contributed by atoms with E-state index in [0.29, 0.717) is 12.8 Å². The predicted octanol–water partition coefficient (Wildman–Crippen LogP) is 17.1. The van der Waals surface area contributed by atoms with E-state index in [0.717, 1.165) is 103 Å². The Morgan fingerprint density at radius 3 is 1.16 bits per heavy atom. The number of hydrogen-bond acceptors (Lipinski definition) is 13. The van der Waals surface area contributed by atoms with Crippen molar-refractivity contribution in [2.75, 3.05) is 19.8 Å². The highest BCUT2D eigenvalue weighted by Gasteiger charge is 2.51. The van der Waals surface area contributed by atoms with Crippen LogP contribution in [0.25, 0.3) is 0 Å². The lowest BCUT2D eigenvalue weighted by Crippen LogP contribution is -2.65. The summed E-state index contributed by atoms with van der Waals surface area (Å²) in [6.07, 6.45) is 75.9. The number of ether oxygens (including phenoxy) is 4. The van der Waals surface area contributed by atoms with Crippen LogP contribution in [-0.2, 0) is 23.7 Å². The van der Waals surface area contributed by atoms with E-state index in [4.69, 9.17) is 18.9 Å². The van der Waals surface area contributed by atoms with Crippen molar-refractivity contribution in [3.63, 3.8) is 0 Å². The number of hydrogen-bond donors (Lipinski definition) is 9. The second kappa shape index (κ2) is 64.1. The van der Waals surface area contributed by atoms with Crippen molar-refractivity contribution in [1.29, 1.82) is 0 Å². The van der Waals surface area contributed by atoms with Gasteiger partial charge in [-0.25, -0.2) is 0 Å². The van der Waals surface area contributed by atoms with E-state index < -0.39 is 86.8 Å². The van der Waals surface area contributed by atoms with Gasteiger partial charge in [-0.1, -0.05) is 316 Å². The maximum atomic E-state index is 13.4. The number of aliphatic hydroxyl groups excluding tert-OH is 8. The molecule has 0 aromatic carbocycles. The third-order valence-corrected chi connectivity index (χ3v) is 18.2. The molecule has 2 aliphatic rings. The molecule has 2 aliphatic heterocycles. The lowest BCUT2D eigenvalue weighted by atomic mass is 9.97. The fourth-order valence-corrected chi connectivity index (χ4v) is 12.1. The highest BCUT2D eigenvalue weighted by Crippen LogP contribution is 2.30. The molecule has 14 nitrogen and oxygen atoms in total. The number of allylic oxidation sites excluding steroid dienone is 17. The number of aliphatic hydroxyl groups is 8. The van der Waals surface area contributed by atoms with E-state index in [1.54, 1.807) is 6.08 Å². The molecule has 2 fully saturated rings. The number of rotatable bonds is 63. The van der Waals surface area contributed by atoms with E-state index in [1.807, 2.05) is 6.08 Å². The first kappa shape index (κ1) is 87.7. The van der Waals surface area contributed by atoms with E-state index in [1.165, 1.54) is 167 Å². The van der Waals surface area contributed by atoms with Crippen molar-refractivity contribution in [3.05, 3.63) is 109 Å². The van der Waals surface area contributed by atoms with Gasteiger partial charge in [-0.2, -0.15) is 0 Å². The molecule has 0 aliphatic carbocycles. The number of carbonyl (C=O) groups excluding carboxylic acids is 1. The summed E-state index contributed by atoms with van der Waals surface area (Å²) in [4.78, 5) is 13.4. The summed E-state index contributed by atoms with van der Waals surface area (Å²) in [6, 6.07) is -0.948. The number of unbranched alkanes of at least 4 members (excludes halogenated alkanes) is 34. The Bertz CT molecular complexity index is 2010.